The lowest BCUT2D eigenvalue weighted by molar-refractivity contribution is 0.446. The molecule has 0 aliphatic heterocycles. The van der Waals surface area contributed by atoms with Crippen molar-refractivity contribution in [3.63, 3.8) is 0 Å². The molecule has 0 atom stereocenters. The highest BCUT2D eigenvalue weighted by atomic mass is 14.7. The van der Waals surface area contributed by atoms with Gasteiger partial charge < -0.3 is 0 Å². The van der Waals surface area contributed by atoms with Crippen molar-refractivity contribution in [1.82, 2.24) is 0 Å². The first-order chi connectivity index (χ1) is 10.4. The predicted molar refractivity (Wildman–Crippen MR) is 96.4 cm³/mol. The Morgan fingerprint density at radius 2 is 1.33 bits per heavy atom. The summed E-state index contributed by atoms with van der Waals surface area (Å²) in [6, 6.07) is 0. The van der Waals surface area contributed by atoms with E-state index in [9.17, 15) is 0 Å². The number of hydrogen-bond donors (Lipinski definition) is 0. The van der Waals surface area contributed by atoms with Gasteiger partial charge in [0.2, 0.25) is 0 Å². The molecule has 0 radical (unpaired) electrons. The van der Waals surface area contributed by atoms with Crippen LogP contribution in [-0.4, -0.2) is 12.3 Å². The second-order valence-corrected chi connectivity index (χ2v) is 6.88. The number of hydrogen-bond acceptors (Lipinski definition) is 1. The van der Waals surface area contributed by atoms with E-state index in [0.717, 1.165) is 12.5 Å². The van der Waals surface area contributed by atoms with E-state index < -0.39 is 0 Å². The summed E-state index contributed by atoms with van der Waals surface area (Å²) < 4.78 is 0. The molecule has 0 amide bonds. The molecule has 1 aliphatic rings. The van der Waals surface area contributed by atoms with Gasteiger partial charge in [-0.2, -0.15) is 0 Å². The van der Waals surface area contributed by atoms with Crippen molar-refractivity contribution >= 4 is 5.71 Å². The van der Waals surface area contributed by atoms with E-state index in [2.05, 4.69) is 13.8 Å². The van der Waals surface area contributed by atoms with Crippen molar-refractivity contribution in [1.29, 1.82) is 0 Å². The van der Waals surface area contributed by atoms with Gasteiger partial charge in [-0.25, -0.2) is 0 Å². The van der Waals surface area contributed by atoms with E-state index >= 15 is 0 Å². The minimum Gasteiger partial charge on any atom is -0.294 e. The van der Waals surface area contributed by atoms with Gasteiger partial charge in [0.25, 0.3) is 0 Å². The molecule has 21 heavy (non-hydrogen) atoms. The second-order valence-electron chi connectivity index (χ2n) is 6.88. The van der Waals surface area contributed by atoms with E-state index in [1.54, 1.807) is 5.71 Å². The fraction of sp³-hybridized carbons (Fsp3) is 0.950. The first kappa shape index (κ1) is 18.7. The van der Waals surface area contributed by atoms with E-state index in [-0.39, 0.29) is 0 Å². The summed E-state index contributed by atoms with van der Waals surface area (Å²) in [5.74, 6) is 0.824. The summed E-state index contributed by atoms with van der Waals surface area (Å²) in [7, 11) is 0. The van der Waals surface area contributed by atoms with Gasteiger partial charge in [0, 0.05) is 12.3 Å². The number of nitrogens with zero attached hydrogens (tertiary/aromatic N) is 1. The maximum Gasteiger partial charge on any atom is 0.0360 e. The van der Waals surface area contributed by atoms with Crippen LogP contribution in [0.4, 0.5) is 0 Å². The van der Waals surface area contributed by atoms with Crippen LogP contribution in [0, 0.1) is 5.92 Å². The van der Waals surface area contributed by atoms with E-state index in [4.69, 9.17) is 4.99 Å². The maximum absolute atomic E-state index is 4.88. The molecule has 0 aromatic heterocycles. The molecule has 1 nitrogen and oxygen atoms in total. The largest absolute Gasteiger partial charge is 0.294 e. The second kappa shape index (κ2) is 13.3. The fourth-order valence-corrected chi connectivity index (χ4v) is 3.67. The molecule has 1 fully saturated rings. The molecule has 0 bridgehead atoms. The molecule has 0 N–H and O–H groups in total. The van der Waals surface area contributed by atoms with Crippen LogP contribution >= 0.6 is 0 Å². The topological polar surface area (TPSA) is 12.4 Å². The summed E-state index contributed by atoms with van der Waals surface area (Å²) in [6.07, 6.45) is 21.2. The van der Waals surface area contributed by atoms with Gasteiger partial charge in [0.05, 0.1) is 0 Å². The first-order valence-corrected chi connectivity index (χ1v) is 9.91. The third-order valence-corrected chi connectivity index (χ3v) is 4.97. The Bertz CT molecular complexity index is 249. The van der Waals surface area contributed by atoms with E-state index in [1.165, 1.54) is 96.3 Å². The Morgan fingerprint density at radius 3 is 1.95 bits per heavy atom. The molecule has 0 aromatic carbocycles. The van der Waals surface area contributed by atoms with Crippen molar-refractivity contribution < 1.29 is 0 Å². The van der Waals surface area contributed by atoms with Crippen molar-refractivity contribution in [2.24, 2.45) is 10.9 Å². The van der Waals surface area contributed by atoms with Crippen molar-refractivity contribution in [2.45, 2.75) is 110 Å². The maximum atomic E-state index is 4.88. The minimum absolute atomic E-state index is 0.824. The van der Waals surface area contributed by atoms with Gasteiger partial charge in [0.1, 0.15) is 0 Å². The van der Waals surface area contributed by atoms with Crippen LogP contribution in [0.2, 0.25) is 0 Å². The van der Waals surface area contributed by atoms with Crippen LogP contribution in [-0.2, 0) is 0 Å². The van der Waals surface area contributed by atoms with Crippen LogP contribution < -0.4 is 0 Å². The third kappa shape index (κ3) is 9.32. The SMILES string of the molecule is CCCCCCCCC/C(=N\CC)C1CCCCCCC1. The highest BCUT2D eigenvalue weighted by molar-refractivity contribution is 5.86. The number of rotatable bonds is 10. The summed E-state index contributed by atoms with van der Waals surface area (Å²) >= 11 is 0. The normalized spacial score (nSPS) is 18.5. The zero-order valence-corrected chi connectivity index (χ0v) is 14.8. The number of aliphatic imine (C=N–C) groups is 1. The molecule has 1 heteroatoms. The van der Waals surface area contributed by atoms with Gasteiger partial charge in [-0.05, 0) is 38.5 Å². The molecule has 1 saturated carbocycles. The summed E-state index contributed by atoms with van der Waals surface area (Å²) in [6.45, 7) is 5.48. The van der Waals surface area contributed by atoms with Gasteiger partial charge in [-0.1, -0.05) is 77.6 Å². The van der Waals surface area contributed by atoms with E-state index in [0.29, 0.717) is 0 Å². The summed E-state index contributed by atoms with van der Waals surface area (Å²) in [5.41, 5.74) is 1.58. The molecule has 1 rings (SSSR count). The Balaban J connectivity index is 2.23. The summed E-state index contributed by atoms with van der Waals surface area (Å²) in [5, 5.41) is 0. The molecular formula is C20H39N. The molecule has 0 unspecified atom stereocenters. The lowest BCUT2D eigenvalue weighted by atomic mass is 9.85. The molecule has 0 saturated heterocycles. The van der Waals surface area contributed by atoms with Crippen LogP contribution in [0.15, 0.2) is 4.99 Å². The number of unbranched alkanes of at least 4 members (excludes halogenated alkanes) is 6. The van der Waals surface area contributed by atoms with Gasteiger partial charge >= 0.3 is 0 Å². The Hall–Kier alpha value is -0.330. The van der Waals surface area contributed by atoms with Gasteiger partial charge in [0.15, 0.2) is 0 Å². The molecule has 124 valence electrons. The van der Waals surface area contributed by atoms with Crippen molar-refractivity contribution in [2.75, 3.05) is 6.54 Å². The Labute approximate surface area is 134 Å². The molecule has 1 aliphatic carbocycles. The first-order valence-electron chi connectivity index (χ1n) is 9.91. The molecule has 0 heterocycles. The lowest BCUT2D eigenvalue weighted by Gasteiger charge is -2.22. The monoisotopic (exact) mass is 293 g/mol. The molecular weight excluding hydrogens is 254 g/mol. The smallest absolute Gasteiger partial charge is 0.0360 e. The highest BCUT2D eigenvalue weighted by Crippen LogP contribution is 2.25. The standard InChI is InChI=1S/C20H39N/c1-3-5-6-7-8-12-15-18-20(21-4-2)19-16-13-10-9-11-14-17-19/h19H,3-18H2,1-2H3/b21-20+. The third-order valence-electron chi connectivity index (χ3n) is 4.97. The van der Waals surface area contributed by atoms with Crippen LogP contribution in [0.5, 0.6) is 0 Å². The Morgan fingerprint density at radius 1 is 0.762 bits per heavy atom. The van der Waals surface area contributed by atoms with Crippen molar-refractivity contribution in [3.8, 4) is 0 Å². The van der Waals surface area contributed by atoms with Crippen LogP contribution in [0.25, 0.3) is 0 Å². The average Bonchev–Trinajstić information content (AvgIpc) is 2.45. The van der Waals surface area contributed by atoms with E-state index in [1.807, 2.05) is 0 Å². The zero-order chi connectivity index (χ0) is 15.2. The van der Waals surface area contributed by atoms with Gasteiger partial charge in [-0.15, -0.1) is 0 Å². The average molecular weight is 294 g/mol. The van der Waals surface area contributed by atoms with Crippen LogP contribution in [0.3, 0.4) is 0 Å². The van der Waals surface area contributed by atoms with Crippen LogP contribution in [0.1, 0.15) is 110 Å². The zero-order valence-electron chi connectivity index (χ0n) is 14.8. The van der Waals surface area contributed by atoms with Gasteiger partial charge in [-0.3, -0.25) is 4.99 Å². The molecule has 0 spiro atoms. The quantitative estimate of drug-likeness (QED) is 0.305. The Kier molecular flexibility index (Phi) is 11.9. The molecule has 0 aromatic rings. The lowest BCUT2D eigenvalue weighted by Crippen LogP contribution is -2.16. The minimum atomic E-state index is 0.824. The van der Waals surface area contributed by atoms with Crippen molar-refractivity contribution in [3.05, 3.63) is 0 Å². The summed E-state index contributed by atoms with van der Waals surface area (Å²) in [4.78, 5) is 4.88. The predicted octanol–water partition coefficient (Wildman–Crippen LogP) is 6.95. The highest BCUT2D eigenvalue weighted by Gasteiger charge is 2.16. The fourth-order valence-electron chi connectivity index (χ4n) is 3.67.